The Bertz CT molecular complexity index is 526. The Labute approximate surface area is 122 Å². The van der Waals surface area contributed by atoms with Crippen molar-refractivity contribution in [1.29, 1.82) is 0 Å². The number of nitrogens with zero attached hydrogens (tertiary/aromatic N) is 1. The number of rotatable bonds is 3. The second-order valence-corrected chi connectivity index (χ2v) is 5.10. The Morgan fingerprint density at radius 1 is 1.19 bits per heavy atom. The molecule has 114 valence electrons. The Hall–Kier alpha value is -2.11. The van der Waals surface area contributed by atoms with Gasteiger partial charge < -0.3 is 15.4 Å². The SMILES string of the molecule is Nc1ccc(F)cc1C(=O)OCC(=O)N1CCCCCC1. The Morgan fingerprint density at radius 3 is 2.52 bits per heavy atom. The maximum atomic E-state index is 13.1. The molecule has 0 radical (unpaired) electrons. The lowest BCUT2D eigenvalue weighted by Gasteiger charge is -2.20. The van der Waals surface area contributed by atoms with Crippen LogP contribution in [0, 0.1) is 5.82 Å². The minimum absolute atomic E-state index is 0.0568. The lowest BCUT2D eigenvalue weighted by Crippen LogP contribution is -2.35. The highest BCUT2D eigenvalue weighted by atomic mass is 19.1. The van der Waals surface area contributed by atoms with Crippen molar-refractivity contribution in [3.8, 4) is 0 Å². The van der Waals surface area contributed by atoms with Crippen molar-refractivity contribution in [3.63, 3.8) is 0 Å². The molecule has 21 heavy (non-hydrogen) atoms. The molecule has 0 spiro atoms. The van der Waals surface area contributed by atoms with Crippen molar-refractivity contribution in [1.82, 2.24) is 4.90 Å². The third-order valence-electron chi connectivity index (χ3n) is 3.52. The van der Waals surface area contributed by atoms with Crippen LogP contribution in [0.5, 0.6) is 0 Å². The molecule has 1 amide bonds. The predicted octanol–water partition coefficient (Wildman–Crippen LogP) is 1.97. The maximum absolute atomic E-state index is 13.1. The van der Waals surface area contributed by atoms with E-state index in [2.05, 4.69) is 0 Å². The predicted molar refractivity (Wildman–Crippen MR) is 76.1 cm³/mol. The lowest BCUT2D eigenvalue weighted by atomic mass is 10.2. The average molecular weight is 294 g/mol. The fourth-order valence-electron chi connectivity index (χ4n) is 2.32. The molecule has 1 aromatic rings. The molecule has 0 saturated carbocycles. The molecular formula is C15H19FN2O3. The molecule has 0 atom stereocenters. The first-order chi connectivity index (χ1) is 10.1. The van der Waals surface area contributed by atoms with E-state index >= 15 is 0 Å². The Balaban J connectivity index is 1.91. The smallest absolute Gasteiger partial charge is 0.340 e. The molecule has 6 heteroatoms. The van der Waals surface area contributed by atoms with Crippen molar-refractivity contribution in [2.75, 3.05) is 25.4 Å². The number of nitrogen functional groups attached to an aromatic ring is 1. The average Bonchev–Trinajstić information content (AvgIpc) is 2.76. The summed E-state index contributed by atoms with van der Waals surface area (Å²) in [6, 6.07) is 3.46. The molecular weight excluding hydrogens is 275 g/mol. The molecule has 1 saturated heterocycles. The molecule has 5 nitrogen and oxygen atoms in total. The Morgan fingerprint density at radius 2 is 1.86 bits per heavy atom. The molecule has 1 aromatic carbocycles. The highest BCUT2D eigenvalue weighted by molar-refractivity contribution is 5.96. The molecule has 0 bridgehead atoms. The lowest BCUT2D eigenvalue weighted by molar-refractivity contribution is -0.134. The van der Waals surface area contributed by atoms with E-state index in [0.29, 0.717) is 13.1 Å². The van der Waals surface area contributed by atoms with Crippen LogP contribution in [-0.2, 0) is 9.53 Å². The standard InChI is InChI=1S/C15H19FN2O3/c16-11-5-6-13(17)12(9-11)15(20)21-10-14(19)18-7-3-1-2-4-8-18/h5-6,9H,1-4,7-8,10,17H2. The van der Waals surface area contributed by atoms with Gasteiger partial charge in [-0.1, -0.05) is 12.8 Å². The molecule has 0 aliphatic carbocycles. The first-order valence-corrected chi connectivity index (χ1v) is 7.08. The number of esters is 1. The summed E-state index contributed by atoms with van der Waals surface area (Å²) >= 11 is 0. The zero-order valence-corrected chi connectivity index (χ0v) is 11.8. The van der Waals surface area contributed by atoms with E-state index in [1.165, 1.54) is 6.07 Å². The number of hydrogen-bond donors (Lipinski definition) is 1. The molecule has 1 heterocycles. The number of anilines is 1. The topological polar surface area (TPSA) is 72.6 Å². The van der Waals surface area contributed by atoms with Crippen LogP contribution in [0.25, 0.3) is 0 Å². The number of carbonyl (C=O) groups excluding carboxylic acids is 2. The van der Waals surface area contributed by atoms with Crippen LogP contribution >= 0.6 is 0 Å². The summed E-state index contributed by atoms with van der Waals surface area (Å²) in [4.78, 5) is 25.5. The third kappa shape index (κ3) is 4.18. The quantitative estimate of drug-likeness (QED) is 0.683. The van der Waals surface area contributed by atoms with Gasteiger partial charge in [-0.05, 0) is 31.0 Å². The number of hydrogen-bond acceptors (Lipinski definition) is 4. The first kappa shape index (κ1) is 15.3. The third-order valence-corrected chi connectivity index (χ3v) is 3.52. The molecule has 1 aliphatic heterocycles. The molecule has 1 aliphatic rings. The number of halogens is 1. The van der Waals surface area contributed by atoms with Crippen LogP contribution in [-0.4, -0.2) is 36.5 Å². The van der Waals surface area contributed by atoms with Crippen LogP contribution < -0.4 is 5.73 Å². The van der Waals surface area contributed by atoms with Crippen molar-refractivity contribution < 1.29 is 18.7 Å². The van der Waals surface area contributed by atoms with Gasteiger partial charge in [0.25, 0.3) is 5.91 Å². The highest BCUT2D eigenvalue weighted by Gasteiger charge is 2.19. The van der Waals surface area contributed by atoms with E-state index in [-0.39, 0.29) is 23.8 Å². The summed E-state index contributed by atoms with van der Waals surface area (Å²) in [6.07, 6.45) is 4.17. The Kier molecular flexibility index (Phi) is 5.14. The zero-order chi connectivity index (χ0) is 15.2. The van der Waals surface area contributed by atoms with E-state index in [1.807, 2.05) is 0 Å². The second-order valence-electron chi connectivity index (χ2n) is 5.10. The van der Waals surface area contributed by atoms with Gasteiger partial charge in [0.1, 0.15) is 5.82 Å². The van der Waals surface area contributed by atoms with Gasteiger partial charge in [0.15, 0.2) is 6.61 Å². The van der Waals surface area contributed by atoms with Gasteiger partial charge in [0.05, 0.1) is 5.56 Å². The van der Waals surface area contributed by atoms with Gasteiger partial charge in [0, 0.05) is 18.8 Å². The normalized spacial score (nSPS) is 15.4. The number of ether oxygens (including phenoxy) is 1. The van der Waals surface area contributed by atoms with E-state index < -0.39 is 11.8 Å². The van der Waals surface area contributed by atoms with Gasteiger partial charge >= 0.3 is 5.97 Å². The minimum atomic E-state index is -0.782. The largest absolute Gasteiger partial charge is 0.452 e. The van der Waals surface area contributed by atoms with Crippen molar-refractivity contribution in [2.45, 2.75) is 25.7 Å². The van der Waals surface area contributed by atoms with Crippen molar-refractivity contribution in [3.05, 3.63) is 29.6 Å². The van der Waals surface area contributed by atoms with Crippen molar-refractivity contribution >= 4 is 17.6 Å². The first-order valence-electron chi connectivity index (χ1n) is 7.08. The maximum Gasteiger partial charge on any atom is 0.340 e. The fraction of sp³-hybridized carbons (Fsp3) is 0.467. The van der Waals surface area contributed by atoms with Gasteiger partial charge in [-0.25, -0.2) is 9.18 Å². The van der Waals surface area contributed by atoms with Crippen LogP contribution in [0.4, 0.5) is 10.1 Å². The minimum Gasteiger partial charge on any atom is -0.452 e. The van der Waals surface area contributed by atoms with Gasteiger partial charge in [-0.3, -0.25) is 4.79 Å². The number of likely N-dealkylation sites (tertiary alicyclic amines) is 1. The van der Waals surface area contributed by atoms with E-state index in [1.54, 1.807) is 4.90 Å². The molecule has 2 N–H and O–H groups in total. The summed E-state index contributed by atoms with van der Waals surface area (Å²) in [5, 5.41) is 0. The molecule has 0 unspecified atom stereocenters. The fourth-order valence-corrected chi connectivity index (χ4v) is 2.32. The molecule has 0 aromatic heterocycles. The molecule has 1 fully saturated rings. The van der Waals surface area contributed by atoms with E-state index in [9.17, 15) is 14.0 Å². The molecule has 2 rings (SSSR count). The summed E-state index contributed by atoms with van der Waals surface area (Å²) < 4.78 is 18.0. The van der Waals surface area contributed by atoms with Gasteiger partial charge in [-0.15, -0.1) is 0 Å². The summed E-state index contributed by atoms with van der Waals surface area (Å²) in [5.74, 6) is -1.58. The monoisotopic (exact) mass is 294 g/mol. The van der Waals surface area contributed by atoms with E-state index in [4.69, 9.17) is 10.5 Å². The van der Waals surface area contributed by atoms with Crippen LogP contribution in [0.2, 0.25) is 0 Å². The zero-order valence-electron chi connectivity index (χ0n) is 11.8. The summed E-state index contributed by atoms with van der Waals surface area (Å²) in [7, 11) is 0. The van der Waals surface area contributed by atoms with Crippen LogP contribution in [0.1, 0.15) is 36.0 Å². The number of nitrogens with two attached hydrogens (primary N) is 1. The van der Waals surface area contributed by atoms with Crippen LogP contribution in [0.15, 0.2) is 18.2 Å². The van der Waals surface area contributed by atoms with Gasteiger partial charge in [0.2, 0.25) is 0 Å². The highest BCUT2D eigenvalue weighted by Crippen LogP contribution is 2.15. The van der Waals surface area contributed by atoms with Crippen LogP contribution in [0.3, 0.4) is 0 Å². The second kappa shape index (κ2) is 7.06. The van der Waals surface area contributed by atoms with E-state index in [0.717, 1.165) is 37.8 Å². The number of amides is 1. The van der Waals surface area contributed by atoms with Crippen molar-refractivity contribution in [2.24, 2.45) is 0 Å². The number of carbonyl (C=O) groups is 2. The van der Waals surface area contributed by atoms with Gasteiger partial charge in [-0.2, -0.15) is 0 Å². The number of benzene rings is 1. The summed E-state index contributed by atoms with van der Waals surface area (Å²) in [5.41, 5.74) is 5.67. The summed E-state index contributed by atoms with van der Waals surface area (Å²) in [6.45, 7) is 1.05.